The van der Waals surface area contributed by atoms with Gasteiger partial charge in [0.2, 0.25) is 0 Å². The van der Waals surface area contributed by atoms with Gasteiger partial charge in [-0.2, -0.15) is 8.42 Å². The van der Waals surface area contributed by atoms with Crippen molar-refractivity contribution in [2.75, 3.05) is 7.11 Å². The zero-order valence-corrected chi connectivity index (χ0v) is 11.8. The molecular weight excluding hydrogens is 296 g/mol. The smallest absolute Gasteiger partial charge is 0.301 e. The third kappa shape index (κ3) is 2.88. The van der Waals surface area contributed by atoms with Gasteiger partial charge >= 0.3 is 10.1 Å². The van der Waals surface area contributed by atoms with E-state index in [0.29, 0.717) is 5.56 Å². The fourth-order valence-corrected chi connectivity index (χ4v) is 2.69. The summed E-state index contributed by atoms with van der Waals surface area (Å²) >= 11 is 0. The molecule has 2 aromatic rings. The lowest BCUT2D eigenvalue weighted by Gasteiger charge is -2.12. The maximum atomic E-state index is 12.4. The van der Waals surface area contributed by atoms with Crippen LogP contribution in [0.4, 0.5) is 0 Å². The summed E-state index contributed by atoms with van der Waals surface area (Å²) in [5.41, 5.74) is 0.247. The fourth-order valence-electron chi connectivity index (χ4n) is 1.93. The number of ketones is 1. The highest BCUT2D eigenvalue weighted by atomic mass is 32.2. The molecule has 0 saturated carbocycles. The number of phenols is 1. The quantitative estimate of drug-likeness (QED) is 0.660. The van der Waals surface area contributed by atoms with Crippen molar-refractivity contribution in [1.29, 1.82) is 0 Å². The van der Waals surface area contributed by atoms with E-state index in [1.807, 2.05) is 0 Å². The summed E-state index contributed by atoms with van der Waals surface area (Å²) in [4.78, 5) is 11.6. The van der Waals surface area contributed by atoms with Gasteiger partial charge in [-0.3, -0.25) is 9.35 Å². The first kappa shape index (κ1) is 15.0. The van der Waals surface area contributed by atoms with Gasteiger partial charge in [0.15, 0.2) is 16.4 Å². The minimum atomic E-state index is -4.74. The second kappa shape index (κ2) is 5.55. The predicted molar refractivity (Wildman–Crippen MR) is 74.3 cm³/mol. The van der Waals surface area contributed by atoms with Gasteiger partial charge in [-0.25, -0.2) is 0 Å². The minimum Gasteiger partial charge on any atom is -0.506 e. The molecule has 0 spiro atoms. The van der Waals surface area contributed by atoms with Crippen molar-refractivity contribution < 1.29 is 27.6 Å². The zero-order chi connectivity index (χ0) is 15.6. The van der Waals surface area contributed by atoms with Crippen molar-refractivity contribution in [2.24, 2.45) is 0 Å². The average molecular weight is 308 g/mol. The molecule has 6 nitrogen and oxygen atoms in total. The number of carbonyl (C=O) groups is 1. The molecule has 0 heterocycles. The van der Waals surface area contributed by atoms with Crippen molar-refractivity contribution in [3.05, 3.63) is 53.6 Å². The Morgan fingerprint density at radius 2 is 1.71 bits per heavy atom. The maximum Gasteiger partial charge on any atom is 0.301 e. The predicted octanol–water partition coefficient (Wildman–Crippen LogP) is 1.88. The first-order chi connectivity index (χ1) is 9.86. The Morgan fingerprint density at radius 1 is 1.10 bits per heavy atom. The van der Waals surface area contributed by atoms with E-state index in [0.717, 1.165) is 13.2 Å². The van der Waals surface area contributed by atoms with Crippen molar-refractivity contribution in [3.8, 4) is 11.5 Å². The normalized spacial score (nSPS) is 11.1. The van der Waals surface area contributed by atoms with Gasteiger partial charge in [0.1, 0.15) is 5.75 Å². The van der Waals surface area contributed by atoms with Gasteiger partial charge in [0.25, 0.3) is 0 Å². The van der Waals surface area contributed by atoms with Gasteiger partial charge < -0.3 is 9.84 Å². The van der Waals surface area contributed by atoms with Crippen LogP contribution in [0.5, 0.6) is 11.5 Å². The highest BCUT2D eigenvalue weighted by Crippen LogP contribution is 2.36. The van der Waals surface area contributed by atoms with Crippen LogP contribution in [0.15, 0.2) is 47.4 Å². The lowest BCUT2D eigenvalue weighted by atomic mass is 10.0. The summed E-state index contributed by atoms with van der Waals surface area (Å²) in [7, 11) is -3.60. The van der Waals surface area contributed by atoms with Crippen LogP contribution in [0.3, 0.4) is 0 Å². The molecule has 0 unspecified atom stereocenters. The molecule has 0 aliphatic carbocycles. The number of carbonyl (C=O) groups excluding carboxylic acids is 1. The molecule has 7 heteroatoms. The highest BCUT2D eigenvalue weighted by molar-refractivity contribution is 7.86. The molecule has 0 aliphatic heterocycles. The van der Waals surface area contributed by atoms with Gasteiger partial charge in [-0.1, -0.05) is 30.3 Å². The van der Waals surface area contributed by atoms with Crippen molar-refractivity contribution in [2.45, 2.75) is 4.90 Å². The fraction of sp³-hybridized carbons (Fsp3) is 0.0714. The Kier molecular flexibility index (Phi) is 3.97. The van der Waals surface area contributed by atoms with Crippen LogP contribution in [0.2, 0.25) is 0 Å². The Labute approximate surface area is 121 Å². The van der Waals surface area contributed by atoms with E-state index < -0.39 is 32.3 Å². The molecule has 2 aromatic carbocycles. The number of aromatic hydroxyl groups is 1. The summed E-state index contributed by atoms with van der Waals surface area (Å²) in [6.07, 6.45) is 0. The number of hydrogen-bond donors (Lipinski definition) is 2. The number of ether oxygens (including phenoxy) is 1. The van der Waals surface area contributed by atoms with Gasteiger partial charge in [-0.05, 0) is 12.1 Å². The van der Waals surface area contributed by atoms with Crippen LogP contribution >= 0.6 is 0 Å². The summed E-state index contributed by atoms with van der Waals surface area (Å²) in [6.45, 7) is 0. The van der Waals surface area contributed by atoms with Crippen LogP contribution in [-0.4, -0.2) is 31.0 Å². The molecule has 2 N–H and O–H groups in total. The number of hydrogen-bond acceptors (Lipinski definition) is 5. The molecule has 0 saturated heterocycles. The lowest BCUT2D eigenvalue weighted by molar-refractivity contribution is 0.103. The minimum absolute atomic E-state index is 0.0749. The number of phenolic OH excluding ortho intramolecular Hbond substituents is 1. The third-order valence-corrected chi connectivity index (χ3v) is 3.74. The second-order valence-electron chi connectivity index (χ2n) is 4.16. The van der Waals surface area contributed by atoms with Crippen LogP contribution in [0.25, 0.3) is 0 Å². The number of methoxy groups -OCH3 is 1. The van der Waals surface area contributed by atoms with E-state index in [1.54, 1.807) is 30.3 Å². The molecule has 0 aliphatic rings. The zero-order valence-electron chi connectivity index (χ0n) is 11.0. The van der Waals surface area contributed by atoms with E-state index >= 15 is 0 Å². The van der Waals surface area contributed by atoms with Gasteiger partial charge in [0.05, 0.1) is 12.7 Å². The highest BCUT2D eigenvalue weighted by Gasteiger charge is 2.27. The van der Waals surface area contributed by atoms with Crippen LogP contribution in [0, 0.1) is 0 Å². The third-order valence-electron chi connectivity index (χ3n) is 2.83. The van der Waals surface area contributed by atoms with E-state index in [4.69, 9.17) is 4.74 Å². The Bertz CT molecular complexity index is 781. The molecule has 0 aromatic heterocycles. The topological polar surface area (TPSA) is 101 Å². The van der Waals surface area contributed by atoms with E-state index in [9.17, 15) is 22.9 Å². The van der Waals surface area contributed by atoms with Crippen LogP contribution < -0.4 is 4.74 Å². The summed E-state index contributed by atoms with van der Waals surface area (Å²) in [6, 6.07) is 10.4. The van der Waals surface area contributed by atoms with Crippen molar-refractivity contribution >= 4 is 15.9 Å². The monoisotopic (exact) mass is 308 g/mol. The molecule has 0 amide bonds. The summed E-state index contributed by atoms with van der Waals surface area (Å²) in [5, 5.41) is 9.60. The van der Waals surface area contributed by atoms with Crippen LogP contribution in [-0.2, 0) is 10.1 Å². The first-order valence-electron chi connectivity index (χ1n) is 5.83. The largest absolute Gasteiger partial charge is 0.506 e. The SMILES string of the molecule is COc1c(C(=O)c2ccccc2)ccc(O)c1S(=O)(=O)O. The molecule has 0 bridgehead atoms. The Morgan fingerprint density at radius 3 is 2.24 bits per heavy atom. The van der Waals surface area contributed by atoms with Crippen molar-refractivity contribution in [1.82, 2.24) is 0 Å². The second-order valence-corrected chi connectivity index (χ2v) is 5.52. The van der Waals surface area contributed by atoms with Crippen LogP contribution in [0.1, 0.15) is 15.9 Å². The summed E-state index contributed by atoms with van der Waals surface area (Å²) in [5.74, 6) is -1.58. The standard InChI is InChI=1S/C14H12O6S/c1-20-13-10(12(16)9-5-3-2-4-6-9)7-8-11(15)14(13)21(17,18)19/h2-8,15H,1H3,(H,17,18,19). The lowest BCUT2D eigenvalue weighted by Crippen LogP contribution is -2.09. The average Bonchev–Trinajstić information content (AvgIpc) is 2.45. The molecular formula is C14H12O6S. The molecule has 21 heavy (non-hydrogen) atoms. The van der Waals surface area contributed by atoms with Crippen molar-refractivity contribution in [3.63, 3.8) is 0 Å². The van der Waals surface area contributed by atoms with Gasteiger partial charge in [0, 0.05) is 5.56 Å². The number of benzene rings is 2. The molecule has 0 radical (unpaired) electrons. The van der Waals surface area contributed by atoms with E-state index in [1.165, 1.54) is 6.07 Å². The summed E-state index contributed by atoms with van der Waals surface area (Å²) < 4.78 is 36.8. The van der Waals surface area contributed by atoms with Gasteiger partial charge in [-0.15, -0.1) is 0 Å². The number of rotatable bonds is 4. The molecule has 0 fully saturated rings. The van der Waals surface area contributed by atoms with E-state index in [-0.39, 0.29) is 5.56 Å². The van der Waals surface area contributed by atoms with E-state index in [2.05, 4.69) is 0 Å². The molecule has 2 rings (SSSR count). The molecule has 110 valence electrons. The first-order valence-corrected chi connectivity index (χ1v) is 7.27. The maximum absolute atomic E-state index is 12.4. The Balaban J connectivity index is 2.69. The Hall–Kier alpha value is -2.38. The molecule has 0 atom stereocenters.